The molecule has 0 aliphatic carbocycles. The van der Waals surface area contributed by atoms with Crippen molar-refractivity contribution >= 4 is 38.6 Å². The molecule has 2 aliphatic rings. The van der Waals surface area contributed by atoms with Gasteiger partial charge in [-0.2, -0.15) is 4.31 Å². The van der Waals surface area contributed by atoms with E-state index in [-0.39, 0.29) is 35.6 Å². The molecule has 3 unspecified atom stereocenters. The SMILES string of the molecule is CC1CCc2c(-c3nc(NC4CCN(S(C)(=O)=O)CC4O)ncc3Cl)cc(F)c3nc(C(C)(C)O)n1c23. The maximum atomic E-state index is 15.4. The van der Waals surface area contributed by atoms with Crippen LogP contribution in [0.1, 0.15) is 51.0 Å². The van der Waals surface area contributed by atoms with Crippen LogP contribution in [0.3, 0.4) is 0 Å². The van der Waals surface area contributed by atoms with Gasteiger partial charge in [0.05, 0.1) is 40.8 Å². The van der Waals surface area contributed by atoms with Gasteiger partial charge >= 0.3 is 0 Å². The molecule has 0 spiro atoms. The van der Waals surface area contributed by atoms with Crippen molar-refractivity contribution in [3.63, 3.8) is 0 Å². The van der Waals surface area contributed by atoms with Gasteiger partial charge in [0.15, 0.2) is 5.82 Å². The van der Waals surface area contributed by atoms with Gasteiger partial charge < -0.3 is 20.1 Å². The van der Waals surface area contributed by atoms with E-state index in [0.29, 0.717) is 35.4 Å². The lowest BCUT2D eigenvalue weighted by Crippen LogP contribution is -2.51. The molecule has 13 heteroatoms. The first-order chi connectivity index (χ1) is 17.3. The van der Waals surface area contributed by atoms with Crippen LogP contribution in [0, 0.1) is 5.82 Å². The zero-order valence-corrected chi connectivity index (χ0v) is 22.6. The highest BCUT2D eigenvalue weighted by atomic mass is 35.5. The number of aromatic nitrogens is 4. The summed E-state index contributed by atoms with van der Waals surface area (Å²) in [5.41, 5.74) is 1.26. The molecule has 2 aromatic heterocycles. The number of imidazole rings is 1. The summed E-state index contributed by atoms with van der Waals surface area (Å²) in [7, 11) is -3.40. The number of nitrogens with one attached hydrogen (secondary N) is 1. The Labute approximate surface area is 219 Å². The van der Waals surface area contributed by atoms with Gasteiger partial charge in [-0.15, -0.1) is 0 Å². The van der Waals surface area contributed by atoms with Crippen LogP contribution in [-0.4, -0.2) is 73.9 Å². The summed E-state index contributed by atoms with van der Waals surface area (Å²) in [6.45, 7) is 5.50. The summed E-state index contributed by atoms with van der Waals surface area (Å²) in [5, 5.41) is 24.6. The first-order valence-corrected chi connectivity index (χ1v) is 14.4. The molecule has 1 aromatic carbocycles. The number of aliphatic hydroxyl groups excluding tert-OH is 1. The van der Waals surface area contributed by atoms with Crippen molar-refractivity contribution in [1.29, 1.82) is 0 Å². The molecule has 4 heterocycles. The number of sulfonamides is 1. The molecule has 1 fully saturated rings. The first kappa shape index (κ1) is 26.2. The number of aliphatic hydroxyl groups is 2. The van der Waals surface area contributed by atoms with Crippen LogP contribution < -0.4 is 5.32 Å². The Morgan fingerprint density at radius 3 is 2.65 bits per heavy atom. The maximum Gasteiger partial charge on any atom is 0.223 e. The van der Waals surface area contributed by atoms with Crippen LogP contribution >= 0.6 is 11.6 Å². The van der Waals surface area contributed by atoms with E-state index in [2.05, 4.69) is 20.3 Å². The van der Waals surface area contributed by atoms with Gasteiger partial charge in [-0.3, -0.25) is 0 Å². The van der Waals surface area contributed by atoms with E-state index in [9.17, 15) is 18.6 Å². The van der Waals surface area contributed by atoms with Gasteiger partial charge in [0, 0.05) is 24.7 Å². The quantitative estimate of drug-likeness (QED) is 0.440. The van der Waals surface area contributed by atoms with Gasteiger partial charge in [0.2, 0.25) is 16.0 Å². The van der Waals surface area contributed by atoms with Gasteiger partial charge in [-0.05, 0) is 51.7 Å². The molecule has 10 nitrogen and oxygen atoms in total. The normalized spacial score (nSPS) is 23.0. The summed E-state index contributed by atoms with van der Waals surface area (Å²) in [6.07, 6.45) is 3.34. The standard InChI is InChI=1S/C24H30ClFN6O4S/c1-12-5-6-13-14(9-16(26)20-21(13)32(12)22(29-20)24(2,3)34)19-15(25)10-27-23(30-19)28-17-7-8-31(11-18(17)33)37(4,35)36/h9-10,12,17-18,33-34H,5-8,11H2,1-4H3,(H,27,28,30). The summed E-state index contributed by atoms with van der Waals surface area (Å²) in [5.74, 6) is 0.0521. The maximum absolute atomic E-state index is 15.4. The number of nitrogens with zero attached hydrogens (tertiary/aromatic N) is 5. The van der Waals surface area contributed by atoms with Crippen molar-refractivity contribution in [3.8, 4) is 11.3 Å². The van der Waals surface area contributed by atoms with Crippen molar-refractivity contribution in [3.05, 3.63) is 34.5 Å². The minimum Gasteiger partial charge on any atom is -0.390 e. The second kappa shape index (κ2) is 9.12. The number of hydrogen-bond acceptors (Lipinski definition) is 8. The molecule has 1 saturated heterocycles. The highest BCUT2D eigenvalue weighted by Crippen LogP contribution is 2.42. The molecule has 3 aromatic rings. The number of halogens is 2. The van der Waals surface area contributed by atoms with Crippen molar-refractivity contribution in [2.24, 2.45) is 0 Å². The summed E-state index contributed by atoms with van der Waals surface area (Å²) in [4.78, 5) is 13.3. The Morgan fingerprint density at radius 1 is 1.27 bits per heavy atom. The molecule has 0 bridgehead atoms. The number of anilines is 1. The van der Waals surface area contributed by atoms with Crippen molar-refractivity contribution in [2.45, 2.75) is 63.8 Å². The Kier molecular flexibility index (Phi) is 6.47. The van der Waals surface area contributed by atoms with Gasteiger partial charge in [0.1, 0.15) is 16.9 Å². The third-order valence-electron chi connectivity index (χ3n) is 7.15. The Morgan fingerprint density at radius 2 is 2.00 bits per heavy atom. The summed E-state index contributed by atoms with van der Waals surface area (Å²) >= 11 is 6.51. The Bertz CT molecular complexity index is 1490. The predicted molar refractivity (Wildman–Crippen MR) is 138 cm³/mol. The molecule has 37 heavy (non-hydrogen) atoms. The van der Waals surface area contributed by atoms with Crippen molar-refractivity contribution in [2.75, 3.05) is 24.7 Å². The molecule has 0 radical (unpaired) electrons. The topological polar surface area (TPSA) is 133 Å². The molecule has 3 atom stereocenters. The van der Waals surface area contributed by atoms with Crippen LogP contribution in [0.4, 0.5) is 10.3 Å². The average Bonchev–Trinajstić information content (AvgIpc) is 3.23. The molecular formula is C24H30ClFN6O4S. The lowest BCUT2D eigenvalue weighted by Gasteiger charge is -2.34. The summed E-state index contributed by atoms with van der Waals surface area (Å²) in [6, 6.07) is 0.920. The first-order valence-electron chi connectivity index (χ1n) is 12.1. The summed E-state index contributed by atoms with van der Waals surface area (Å²) < 4.78 is 42.2. The molecule has 0 saturated carbocycles. The number of piperidine rings is 1. The second-order valence-corrected chi connectivity index (χ2v) is 12.8. The second-order valence-electron chi connectivity index (χ2n) is 10.5. The van der Waals surface area contributed by atoms with E-state index in [1.165, 1.54) is 16.6 Å². The van der Waals surface area contributed by atoms with Crippen LogP contribution in [-0.2, 0) is 22.0 Å². The average molecular weight is 553 g/mol. The van der Waals surface area contributed by atoms with Crippen molar-refractivity contribution in [1.82, 2.24) is 23.8 Å². The van der Waals surface area contributed by atoms with Crippen LogP contribution in [0.25, 0.3) is 22.3 Å². The predicted octanol–water partition coefficient (Wildman–Crippen LogP) is 2.83. The number of benzene rings is 1. The van der Waals surface area contributed by atoms with Crippen molar-refractivity contribution < 1.29 is 23.0 Å². The largest absolute Gasteiger partial charge is 0.390 e. The monoisotopic (exact) mass is 552 g/mol. The van der Waals surface area contributed by atoms with E-state index in [4.69, 9.17) is 11.6 Å². The third kappa shape index (κ3) is 4.69. The minimum absolute atomic E-state index is 0.0194. The number of aryl methyl sites for hydroxylation is 1. The molecular weight excluding hydrogens is 523 g/mol. The van der Waals surface area contributed by atoms with Crippen LogP contribution in [0.15, 0.2) is 12.3 Å². The van der Waals surface area contributed by atoms with Crippen LogP contribution in [0.2, 0.25) is 5.02 Å². The van der Waals surface area contributed by atoms with E-state index < -0.39 is 33.6 Å². The molecule has 200 valence electrons. The molecule has 3 N–H and O–H groups in total. The minimum atomic E-state index is -3.40. The smallest absolute Gasteiger partial charge is 0.223 e. The van der Waals surface area contributed by atoms with E-state index in [1.54, 1.807) is 13.8 Å². The van der Waals surface area contributed by atoms with Gasteiger partial charge in [-0.1, -0.05) is 11.6 Å². The molecule has 2 aliphatic heterocycles. The van der Waals surface area contributed by atoms with E-state index >= 15 is 4.39 Å². The fourth-order valence-corrected chi connectivity index (χ4v) is 6.32. The zero-order chi connectivity index (χ0) is 26.9. The highest BCUT2D eigenvalue weighted by Gasteiger charge is 2.35. The molecule has 5 rings (SSSR count). The van der Waals surface area contributed by atoms with Gasteiger partial charge in [-0.25, -0.2) is 27.8 Å². The Balaban J connectivity index is 1.55. The molecule has 0 amide bonds. The fraction of sp³-hybridized carbons (Fsp3) is 0.542. The van der Waals surface area contributed by atoms with E-state index in [1.807, 2.05) is 11.5 Å². The highest BCUT2D eigenvalue weighted by molar-refractivity contribution is 7.88. The lowest BCUT2D eigenvalue weighted by molar-refractivity contribution is 0.0634. The zero-order valence-electron chi connectivity index (χ0n) is 21.0. The number of β-amino-alcohol motifs (C(OH)–C–C–N with tert-alkyl or cyclic N) is 1. The number of rotatable bonds is 5. The third-order valence-corrected chi connectivity index (χ3v) is 8.69. The number of hydrogen-bond donors (Lipinski definition) is 3. The fourth-order valence-electron chi connectivity index (χ4n) is 5.27. The Hall–Kier alpha value is -2.38. The van der Waals surface area contributed by atoms with Gasteiger partial charge in [0.25, 0.3) is 0 Å². The van der Waals surface area contributed by atoms with Crippen LogP contribution in [0.5, 0.6) is 0 Å². The van der Waals surface area contributed by atoms with E-state index in [0.717, 1.165) is 18.2 Å². The lowest BCUT2D eigenvalue weighted by atomic mass is 9.93.